The Kier molecular flexibility index (Phi) is 7.15. The van der Waals surface area contributed by atoms with E-state index in [0.29, 0.717) is 12.0 Å². The molecule has 0 unspecified atom stereocenters. The number of hydrazine groups is 1. The number of nitrogens with one attached hydrogen (secondary N) is 1. The summed E-state index contributed by atoms with van der Waals surface area (Å²) >= 11 is 0. The first-order chi connectivity index (χ1) is 13.7. The number of fused-ring (bicyclic) bond motifs is 1. The Hall–Kier alpha value is -2.18. The van der Waals surface area contributed by atoms with Gasteiger partial charge >= 0.3 is 6.09 Å². The van der Waals surface area contributed by atoms with Gasteiger partial charge in [-0.1, -0.05) is 0 Å². The topological polar surface area (TPSA) is 125 Å². The predicted molar refractivity (Wildman–Crippen MR) is 109 cm³/mol. The van der Waals surface area contributed by atoms with E-state index in [9.17, 15) is 18.0 Å². The molecule has 1 atom stereocenters. The number of hydrogen-bond acceptors (Lipinski definition) is 8. The highest BCUT2D eigenvalue weighted by Crippen LogP contribution is 2.26. The molecule has 2 heterocycles. The summed E-state index contributed by atoms with van der Waals surface area (Å²) in [5.41, 5.74) is 1.05. The van der Waals surface area contributed by atoms with Gasteiger partial charge in [-0.25, -0.2) is 9.80 Å². The summed E-state index contributed by atoms with van der Waals surface area (Å²) in [7, 11) is -0.357. The highest BCUT2D eigenvalue weighted by atomic mass is 32.2. The molecule has 1 aromatic heterocycles. The maximum absolute atomic E-state index is 13.0. The van der Waals surface area contributed by atoms with E-state index in [1.807, 2.05) is 6.92 Å². The molecule has 1 N–H and O–H groups in total. The molecule has 0 aromatic carbocycles. The number of carbonyl (C=O) groups is 2. The number of hydrogen-bond donors (Lipinski definition) is 1. The van der Waals surface area contributed by atoms with Crippen molar-refractivity contribution in [2.45, 2.75) is 52.3 Å². The fraction of sp³-hybridized carbons (Fsp3) is 0.722. The average Bonchev–Trinajstić information content (AvgIpc) is 2.99. The van der Waals surface area contributed by atoms with Crippen molar-refractivity contribution < 1.29 is 26.9 Å². The van der Waals surface area contributed by atoms with Crippen LogP contribution in [0.1, 0.15) is 49.4 Å². The molecule has 0 spiro atoms. The Morgan fingerprint density at radius 1 is 1.30 bits per heavy atom. The van der Waals surface area contributed by atoms with Crippen LogP contribution in [0.4, 0.5) is 4.79 Å². The second-order valence-corrected chi connectivity index (χ2v) is 10.1. The van der Waals surface area contributed by atoms with Crippen LogP contribution in [0, 0.1) is 0 Å². The van der Waals surface area contributed by atoms with Crippen molar-refractivity contribution in [1.29, 1.82) is 0 Å². The van der Waals surface area contributed by atoms with Crippen LogP contribution in [0.5, 0.6) is 0 Å². The van der Waals surface area contributed by atoms with Gasteiger partial charge in [0.15, 0.2) is 5.69 Å². The molecule has 11 nitrogen and oxygen atoms in total. The minimum Gasteiger partial charge on any atom is -0.444 e. The molecule has 1 aliphatic heterocycles. The molecular weight excluding hydrogens is 414 g/mol. The molecule has 0 radical (unpaired) electrons. The minimum absolute atomic E-state index is 0.0877. The number of amides is 2. The maximum atomic E-state index is 13.0. The quantitative estimate of drug-likeness (QED) is 0.508. The summed E-state index contributed by atoms with van der Waals surface area (Å²) < 4.78 is 32.4. The van der Waals surface area contributed by atoms with E-state index >= 15 is 0 Å². The van der Waals surface area contributed by atoms with Crippen LogP contribution in [0.25, 0.3) is 0 Å². The molecule has 2 rings (SSSR count). The maximum Gasteiger partial charge on any atom is 0.410 e. The van der Waals surface area contributed by atoms with Gasteiger partial charge < -0.3 is 9.64 Å². The first-order valence-electron chi connectivity index (χ1n) is 9.59. The standard InChI is InChI=1S/C18H31N5O6S/c1-12-10-14-13(11-23(12)17(25)29-18(2,3)4)15(20-19-14)16(24)22(6)21(5)8-9-28-30(7,26)27/h12H,8-11H2,1-7H3,(H,19,20)/t12-/m1/s1. The van der Waals surface area contributed by atoms with Crippen molar-refractivity contribution in [3.63, 3.8) is 0 Å². The van der Waals surface area contributed by atoms with Gasteiger partial charge in [0.1, 0.15) is 5.60 Å². The molecule has 2 amide bonds. The second-order valence-electron chi connectivity index (χ2n) is 8.43. The number of rotatable bonds is 6. The van der Waals surface area contributed by atoms with E-state index in [1.54, 1.807) is 39.8 Å². The largest absolute Gasteiger partial charge is 0.444 e. The molecule has 0 bridgehead atoms. The number of carbonyl (C=O) groups excluding carboxylic acids is 2. The zero-order chi connectivity index (χ0) is 22.9. The fourth-order valence-corrected chi connectivity index (χ4v) is 3.37. The third-order valence-electron chi connectivity index (χ3n) is 4.66. The smallest absolute Gasteiger partial charge is 0.410 e. The molecule has 0 saturated carbocycles. The molecule has 1 aliphatic rings. The fourth-order valence-electron chi connectivity index (χ4n) is 2.99. The summed E-state index contributed by atoms with van der Waals surface area (Å²) in [6.07, 6.45) is 1.05. The monoisotopic (exact) mass is 445 g/mol. The van der Waals surface area contributed by atoms with Gasteiger partial charge in [-0.2, -0.15) is 13.5 Å². The van der Waals surface area contributed by atoms with Crippen LogP contribution in [0.2, 0.25) is 0 Å². The van der Waals surface area contributed by atoms with Gasteiger partial charge in [0, 0.05) is 44.4 Å². The summed E-state index contributed by atoms with van der Waals surface area (Å²) in [5, 5.41) is 9.94. The zero-order valence-corrected chi connectivity index (χ0v) is 19.4. The van der Waals surface area contributed by atoms with Gasteiger partial charge in [-0.15, -0.1) is 0 Å². The van der Waals surface area contributed by atoms with Crippen LogP contribution >= 0.6 is 0 Å². The minimum atomic E-state index is -3.55. The van der Waals surface area contributed by atoms with Gasteiger partial charge in [0.2, 0.25) is 0 Å². The van der Waals surface area contributed by atoms with Crippen LogP contribution in [-0.4, -0.2) is 90.7 Å². The summed E-state index contributed by atoms with van der Waals surface area (Å²) in [6.45, 7) is 7.62. The lowest BCUT2D eigenvalue weighted by Crippen LogP contribution is -2.46. The molecule has 0 saturated heterocycles. The third-order valence-corrected chi connectivity index (χ3v) is 5.26. The lowest BCUT2D eigenvalue weighted by molar-refractivity contribution is 0.0113. The van der Waals surface area contributed by atoms with Crippen LogP contribution in [0.3, 0.4) is 0 Å². The summed E-state index contributed by atoms with van der Waals surface area (Å²) in [6, 6.07) is -0.107. The van der Waals surface area contributed by atoms with Crippen LogP contribution in [-0.2, 0) is 32.0 Å². The van der Waals surface area contributed by atoms with Crippen molar-refractivity contribution in [1.82, 2.24) is 25.1 Å². The molecule has 170 valence electrons. The number of aromatic amines is 1. The van der Waals surface area contributed by atoms with Crippen LogP contribution < -0.4 is 0 Å². The number of likely N-dealkylation sites (N-methyl/N-ethyl adjacent to an activating group) is 1. The van der Waals surface area contributed by atoms with E-state index in [4.69, 9.17) is 8.92 Å². The molecule has 0 aliphatic carbocycles. The number of nitrogens with zero attached hydrogens (tertiary/aromatic N) is 4. The van der Waals surface area contributed by atoms with E-state index in [2.05, 4.69) is 10.2 Å². The van der Waals surface area contributed by atoms with Crippen molar-refractivity contribution >= 4 is 22.1 Å². The number of H-pyrrole nitrogens is 1. The predicted octanol–water partition coefficient (Wildman–Crippen LogP) is 0.986. The van der Waals surface area contributed by atoms with Crippen LogP contribution in [0.15, 0.2) is 0 Å². The molecule has 1 aromatic rings. The SMILES string of the molecule is C[C@@H]1Cc2[nH]nc(C(=O)N(C)N(C)CCOS(C)(=O)=O)c2CN1C(=O)OC(C)(C)C. The highest BCUT2D eigenvalue weighted by molar-refractivity contribution is 7.85. The third kappa shape index (κ3) is 6.16. The Labute approximate surface area is 177 Å². The zero-order valence-electron chi connectivity index (χ0n) is 18.6. The van der Waals surface area contributed by atoms with Gasteiger partial charge in [-0.05, 0) is 27.7 Å². The average molecular weight is 446 g/mol. The van der Waals surface area contributed by atoms with Gasteiger partial charge in [-0.3, -0.25) is 19.1 Å². The lowest BCUT2D eigenvalue weighted by atomic mass is 10.00. The van der Waals surface area contributed by atoms with E-state index in [0.717, 1.165) is 11.9 Å². The first-order valence-corrected chi connectivity index (χ1v) is 11.4. The molecule has 12 heteroatoms. The van der Waals surface area contributed by atoms with Crippen molar-refractivity contribution in [3.05, 3.63) is 17.0 Å². The normalized spacial score (nSPS) is 17.1. The van der Waals surface area contributed by atoms with Crippen molar-refractivity contribution in [2.75, 3.05) is 33.5 Å². The second kappa shape index (κ2) is 8.90. The molecule has 0 fully saturated rings. The van der Waals surface area contributed by atoms with Gasteiger partial charge in [0.05, 0.1) is 19.4 Å². The van der Waals surface area contributed by atoms with E-state index in [1.165, 1.54) is 10.0 Å². The summed E-state index contributed by atoms with van der Waals surface area (Å²) in [5.74, 6) is -0.381. The van der Waals surface area contributed by atoms with Crippen molar-refractivity contribution in [3.8, 4) is 0 Å². The lowest BCUT2D eigenvalue weighted by Gasteiger charge is -2.35. The Balaban J connectivity index is 2.12. The number of ether oxygens (including phenoxy) is 1. The molecular formula is C18H31N5O6S. The van der Waals surface area contributed by atoms with E-state index < -0.39 is 21.8 Å². The Bertz CT molecular complexity index is 891. The first kappa shape index (κ1) is 24.1. The summed E-state index contributed by atoms with van der Waals surface area (Å²) in [4.78, 5) is 27.1. The van der Waals surface area contributed by atoms with Gasteiger partial charge in [0.25, 0.3) is 16.0 Å². The Morgan fingerprint density at radius 2 is 1.93 bits per heavy atom. The number of aromatic nitrogens is 2. The Morgan fingerprint density at radius 3 is 2.50 bits per heavy atom. The highest BCUT2D eigenvalue weighted by Gasteiger charge is 2.35. The van der Waals surface area contributed by atoms with Crippen molar-refractivity contribution in [2.24, 2.45) is 0 Å². The molecule has 30 heavy (non-hydrogen) atoms. The van der Waals surface area contributed by atoms with E-state index in [-0.39, 0.29) is 37.3 Å².